The molecule has 0 aromatic rings. The Bertz CT molecular complexity index is 548. The first-order valence-corrected chi connectivity index (χ1v) is 14.3. The van der Waals surface area contributed by atoms with Gasteiger partial charge in [0.2, 0.25) is 0 Å². The topological polar surface area (TPSA) is 125 Å². The fourth-order valence-corrected chi connectivity index (χ4v) is 13.3. The Labute approximate surface area is 133 Å². The summed E-state index contributed by atoms with van der Waals surface area (Å²) in [6.45, 7) is 3.62. The summed E-state index contributed by atoms with van der Waals surface area (Å²) >= 11 is -9.38. The van der Waals surface area contributed by atoms with E-state index in [0.29, 0.717) is 0 Å². The summed E-state index contributed by atoms with van der Waals surface area (Å²) in [7, 11) is 0. The van der Waals surface area contributed by atoms with Crippen molar-refractivity contribution in [3.05, 3.63) is 12.3 Å². The van der Waals surface area contributed by atoms with Gasteiger partial charge in [0.05, 0.1) is 0 Å². The summed E-state index contributed by atoms with van der Waals surface area (Å²) in [6.07, 6.45) is -5.18. The average Bonchev–Trinajstić information content (AvgIpc) is 3.09. The third-order valence-corrected chi connectivity index (χ3v) is 13.7. The molecule has 5 rings (SSSR count). The first-order valence-electron chi connectivity index (χ1n) is 6.01. The van der Waals surface area contributed by atoms with E-state index in [2.05, 4.69) is 6.58 Å². The van der Waals surface area contributed by atoms with Gasteiger partial charge >= 0.3 is 134 Å². The van der Waals surface area contributed by atoms with Crippen molar-refractivity contribution in [2.24, 2.45) is 0 Å². The zero-order valence-electron chi connectivity index (χ0n) is 10.4. The molecule has 0 saturated carbocycles. The van der Waals surface area contributed by atoms with Gasteiger partial charge in [0, 0.05) is 0 Å². The summed E-state index contributed by atoms with van der Waals surface area (Å²) in [5.41, 5.74) is 0. The summed E-state index contributed by atoms with van der Waals surface area (Å²) in [5, 5.41) is 0. The van der Waals surface area contributed by atoms with Gasteiger partial charge in [-0.15, -0.1) is 0 Å². The Morgan fingerprint density at radius 2 is 1.00 bits per heavy atom. The van der Waals surface area contributed by atoms with E-state index in [1.165, 1.54) is 0 Å². The third-order valence-electron chi connectivity index (χ3n) is 3.37. The van der Waals surface area contributed by atoms with Gasteiger partial charge in [-0.05, 0) is 0 Å². The third kappa shape index (κ3) is 1.64. The van der Waals surface area contributed by atoms with E-state index >= 15 is 0 Å². The van der Waals surface area contributed by atoms with Crippen molar-refractivity contribution in [3.63, 3.8) is 0 Å². The fraction of sp³-hybridized carbons (Fsp3) is 0.444. The van der Waals surface area contributed by atoms with Crippen LogP contribution in [0.1, 0.15) is 0 Å². The Morgan fingerprint density at radius 1 is 0.636 bits per heavy atom. The van der Waals surface area contributed by atoms with Gasteiger partial charge < -0.3 is 0 Å². The Balaban J connectivity index is 1.66. The van der Waals surface area contributed by atoms with Crippen molar-refractivity contribution in [3.8, 4) is 0 Å². The molecule has 0 aromatic heterocycles. The van der Waals surface area contributed by atoms with Gasteiger partial charge in [-0.2, -0.15) is 0 Å². The minimum atomic E-state index is -4.76. The monoisotopic (exact) mass is 532 g/mol. The number of carbonyl (C=O) groups excluding carboxylic acids is 3. The van der Waals surface area contributed by atoms with Gasteiger partial charge in [0.15, 0.2) is 0 Å². The minimum absolute atomic E-state index is 0.0344. The predicted molar refractivity (Wildman–Crippen MR) is 59.5 cm³/mol. The van der Waals surface area contributed by atoms with E-state index in [9.17, 15) is 14.4 Å². The van der Waals surface area contributed by atoms with E-state index in [1.54, 1.807) is 0 Å². The summed E-state index contributed by atoms with van der Waals surface area (Å²) in [5.74, 6) is -2.53. The van der Waals surface area contributed by atoms with Crippen LogP contribution in [0.5, 0.6) is 0 Å². The second kappa shape index (κ2) is 4.09. The van der Waals surface area contributed by atoms with E-state index < -0.39 is 83.3 Å². The molecular weight excluding hydrogens is 528 g/mol. The van der Waals surface area contributed by atoms with Crippen LogP contribution >= 0.6 is 0 Å². The van der Waals surface area contributed by atoms with Crippen LogP contribution in [0, 0.1) is 0 Å². The standard InChI is InChI=1S/C5H6O5.C4H4O6.2Sb/c1-2(6)3(7)4(8)5(9)10;5-1(3(7)8)2(6)4(9)10;;/h3-4,6H,1H2,(H,9,10);1-2H,(H,7,8)(H,9,10);;/q2*-2;2*+3/p-4. The molecule has 6 unspecified atom stereocenters. The zero-order valence-corrected chi connectivity index (χ0v) is 15.5. The SMILES string of the molecule is C=C1[O][Sb-]23[O]C(=O)C([O]2)C2[O][Sb-]4([O]C(=O)C([O]4)C1[O]3)[O]C2=O. The van der Waals surface area contributed by atoms with Crippen molar-refractivity contribution in [1.29, 1.82) is 0 Å². The Hall–Kier alpha value is -0.574. The van der Waals surface area contributed by atoms with Crippen LogP contribution in [0.3, 0.4) is 0 Å². The van der Waals surface area contributed by atoms with E-state index in [1.807, 2.05) is 0 Å². The summed E-state index contributed by atoms with van der Waals surface area (Å²) < 4.78 is 42.4. The van der Waals surface area contributed by atoms with Gasteiger partial charge in [-0.3, -0.25) is 0 Å². The maximum atomic E-state index is 12.0. The molecule has 120 valence electrons. The quantitative estimate of drug-likeness (QED) is 0.310. The Kier molecular flexibility index (Phi) is 2.57. The maximum absolute atomic E-state index is 12.0. The second-order valence-corrected chi connectivity index (χ2v) is 14.4. The van der Waals surface area contributed by atoms with Crippen LogP contribution < -0.4 is 0 Å². The Morgan fingerprint density at radius 3 is 1.50 bits per heavy atom. The van der Waals surface area contributed by atoms with Crippen LogP contribution in [0.4, 0.5) is 0 Å². The van der Waals surface area contributed by atoms with Crippen LogP contribution in [-0.2, 0) is 38.5 Å². The van der Waals surface area contributed by atoms with Crippen molar-refractivity contribution < 1.29 is 38.5 Å². The average molecular weight is 534 g/mol. The first kappa shape index (κ1) is 13.8. The van der Waals surface area contributed by atoms with Crippen molar-refractivity contribution in [1.82, 2.24) is 0 Å². The molecule has 5 aliphatic heterocycles. The van der Waals surface area contributed by atoms with Crippen molar-refractivity contribution in [2.75, 3.05) is 0 Å². The number of rotatable bonds is 0. The van der Waals surface area contributed by atoms with Gasteiger partial charge in [0.1, 0.15) is 0 Å². The normalized spacial score (nSPS) is 57.1. The zero-order chi connectivity index (χ0) is 15.3. The molecule has 5 aliphatic rings. The van der Waals surface area contributed by atoms with Crippen LogP contribution in [0.15, 0.2) is 12.3 Å². The van der Waals surface area contributed by atoms with Gasteiger partial charge in [0.25, 0.3) is 0 Å². The molecular formula is C9H6O11Sb2-2. The van der Waals surface area contributed by atoms with Crippen molar-refractivity contribution >= 4 is 58.9 Å². The summed E-state index contributed by atoms with van der Waals surface area (Å²) in [4.78, 5) is 35.9. The van der Waals surface area contributed by atoms with E-state index in [0.717, 1.165) is 0 Å². The first-order chi connectivity index (χ1) is 10.4. The molecule has 13 heteroatoms. The van der Waals surface area contributed by atoms with E-state index in [4.69, 9.17) is 24.1 Å². The van der Waals surface area contributed by atoms with Crippen LogP contribution in [0.2, 0.25) is 0 Å². The molecule has 5 saturated heterocycles. The molecule has 0 aromatic carbocycles. The molecule has 0 aliphatic carbocycles. The molecule has 2 spiro atoms. The molecule has 5 fully saturated rings. The molecule has 0 radical (unpaired) electrons. The van der Waals surface area contributed by atoms with Gasteiger partial charge in [-0.25, -0.2) is 0 Å². The molecule has 0 amide bonds. The van der Waals surface area contributed by atoms with Crippen LogP contribution in [0.25, 0.3) is 0 Å². The fourth-order valence-electron chi connectivity index (χ4n) is 2.45. The molecule has 11 nitrogen and oxygen atoms in total. The molecule has 0 N–H and O–H groups in total. The van der Waals surface area contributed by atoms with E-state index in [-0.39, 0.29) is 5.76 Å². The van der Waals surface area contributed by atoms with Gasteiger partial charge in [-0.1, -0.05) is 0 Å². The summed E-state index contributed by atoms with van der Waals surface area (Å²) in [6, 6.07) is 0. The molecule has 22 heavy (non-hydrogen) atoms. The predicted octanol–water partition coefficient (Wildman–Crippen LogP) is -2.37. The number of hydrogen-bond acceptors (Lipinski definition) is 11. The number of hydrogen-bond donors (Lipinski definition) is 0. The number of carbonyl (C=O) groups is 3. The second-order valence-electron chi connectivity index (χ2n) is 4.79. The van der Waals surface area contributed by atoms with Crippen molar-refractivity contribution in [2.45, 2.75) is 24.4 Å². The molecule has 6 atom stereocenters. The molecule has 5 heterocycles. The molecule has 6 bridgehead atoms. The number of fused-ring (bicyclic) bond motifs is 6. The van der Waals surface area contributed by atoms with Crippen LogP contribution in [-0.4, -0.2) is 83.3 Å².